The van der Waals surface area contributed by atoms with Gasteiger partial charge in [-0.05, 0) is 37.8 Å². The number of carbonyl (C=O) groups is 1. The van der Waals surface area contributed by atoms with E-state index in [1.54, 1.807) is 11.9 Å². The number of nitrogens with zero attached hydrogens (tertiary/aromatic N) is 1. The number of hydrogen-bond acceptors (Lipinski definition) is 2. The Morgan fingerprint density at radius 3 is 2.28 bits per heavy atom. The number of aliphatic hydroxyl groups is 1. The number of carbonyl (C=O) groups excluding carboxylic acids is 1. The minimum absolute atomic E-state index is 0.0189. The van der Waals surface area contributed by atoms with E-state index < -0.39 is 5.54 Å². The van der Waals surface area contributed by atoms with Crippen molar-refractivity contribution in [3.8, 4) is 0 Å². The number of likely N-dealkylation sites (N-methyl/N-ethyl adjacent to an activating group) is 1. The minimum atomic E-state index is -0.494. The molecule has 1 amide bonds. The van der Waals surface area contributed by atoms with Crippen LogP contribution in [-0.4, -0.2) is 35.1 Å². The fourth-order valence-electron chi connectivity index (χ4n) is 2.41. The molecule has 0 atom stereocenters. The first kappa shape index (κ1) is 13.1. The molecule has 0 fully saturated rings. The number of fused-ring (bicyclic) bond motifs is 1. The van der Waals surface area contributed by atoms with Gasteiger partial charge in [0.2, 0.25) is 5.91 Å². The molecule has 1 aliphatic carbocycles. The number of benzene rings is 1. The molecule has 98 valence electrons. The number of rotatable bonds is 3. The maximum atomic E-state index is 12.4. The van der Waals surface area contributed by atoms with Crippen molar-refractivity contribution in [1.29, 1.82) is 0 Å². The Morgan fingerprint density at radius 1 is 1.33 bits per heavy atom. The summed E-state index contributed by atoms with van der Waals surface area (Å²) in [6.07, 6.45) is 1.64. The predicted octanol–water partition coefficient (Wildman–Crippen LogP) is 1.63. The third-order valence-electron chi connectivity index (χ3n) is 4.03. The molecule has 0 unspecified atom stereocenters. The Morgan fingerprint density at radius 2 is 1.83 bits per heavy atom. The fraction of sp³-hybridized carbons (Fsp3) is 0.533. The summed E-state index contributed by atoms with van der Waals surface area (Å²) < 4.78 is 0. The summed E-state index contributed by atoms with van der Waals surface area (Å²) in [5.41, 5.74) is 2.07. The van der Waals surface area contributed by atoms with Gasteiger partial charge in [0.25, 0.3) is 0 Å². The van der Waals surface area contributed by atoms with Gasteiger partial charge in [0.15, 0.2) is 0 Å². The zero-order valence-corrected chi connectivity index (χ0v) is 11.3. The van der Waals surface area contributed by atoms with E-state index in [1.807, 2.05) is 26.0 Å². The summed E-state index contributed by atoms with van der Waals surface area (Å²) in [5, 5.41) is 9.34. The maximum Gasteiger partial charge on any atom is 0.226 e. The molecule has 0 spiro atoms. The predicted molar refractivity (Wildman–Crippen MR) is 71.3 cm³/mol. The van der Waals surface area contributed by atoms with Crippen molar-refractivity contribution in [3.05, 3.63) is 35.4 Å². The molecule has 1 aliphatic rings. The Kier molecular flexibility index (Phi) is 3.44. The Hall–Kier alpha value is -1.35. The van der Waals surface area contributed by atoms with Gasteiger partial charge in [-0.2, -0.15) is 0 Å². The number of amides is 1. The van der Waals surface area contributed by atoms with Crippen molar-refractivity contribution in [2.24, 2.45) is 5.92 Å². The molecule has 0 saturated carbocycles. The van der Waals surface area contributed by atoms with E-state index in [2.05, 4.69) is 12.1 Å². The lowest BCUT2D eigenvalue weighted by Crippen LogP contribution is -2.50. The largest absolute Gasteiger partial charge is 0.394 e. The molecule has 1 aromatic rings. The maximum absolute atomic E-state index is 12.4. The van der Waals surface area contributed by atoms with Crippen molar-refractivity contribution >= 4 is 5.91 Å². The van der Waals surface area contributed by atoms with Gasteiger partial charge in [-0.1, -0.05) is 24.3 Å². The van der Waals surface area contributed by atoms with Crippen molar-refractivity contribution < 1.29 is 9.90 Å². The lowest BCUT2D eigenvalue weighted by molar-refractivity contribution is -0.140. The van der Waals surface area contributed by atoms with Crippen molar-refractivity contribution in [1.82, 2.24) is 4.90 Å². The Bertz CT molecular complexity index is 429. The van der Waals surface area contributed by atoms with Crippen molar-refractivity contribution in [2.45, 2.75) is 32.2 Å². The molecule has 3 nitrogen and oxygen atoms in total. The van der Waals surface area contributed by atoms with Crippen LogP contribution in [0.5, 0.6) is 0 Å². The van der Waals surface area contributed by atoms with Gasteiger partial charge in [0.05, 0.1) is 12.1 Å². The van der Waals surface area contributed by atoms with E-state index in [0.29, 0.717) is 0 Å². The number of aliphatic hydroxyl groups excluding tert-OH is 1. The van der Waals surface area contributed by atoms with Crippen LogP contribution in [-0.2, 0) is 17.6 Å². The molecule has 0 aromatic heterocycles. The highest BCUT2D eigenvalue weighted by Crippen LogP contribution is 2.29. The van der Waals surface area contributed by atoms with Crippen LogP contribution >= 0.6 is 0 Å². The van der Waals surface area contributed by atoms with Crippen LogP contribution in [0.1, 0.15) is 25.0 Å². The van der Waals surface area contributed by atoms with Gasteiger partial charge in [-0.25, -0.2) is 0 Å². The smallest absolute Gasteiger partial charge is 0.226 e. The van der Waals surface area contributed by atoms with Gasteiger partial charge in [-0.3, -0.25) is 4.79 Å². The van der Waals surface area contributed by atoms with Crippen LogP contribution in [0.2, 0.25) is 0 Å². The first-order valence-electron chi connectivity index (χ1n) is 6.41. The highest BCUT2D eigenvalue weighted by atomic mass is 16.3. The van der Waals surface area contributed by atoms with E-state index >= 15 is 0 Å². The summed E-state index contributed by atoms with van der Waals surface area (Å²) >= 11 is 0. The Balaban J connectivity index is 2.10. The van der Waals surface area contributed by atoms with Gasteiger partial charge in [0, 0.05) is 13.0 Å². The monoisotopic (exact) mass is 247 g/mol. The van der Waals surface area contributed by atoms with Gasteiger partial charge >= 0.3 is 0 Å². The third kappa shape index (κ3) is 2.27. The average Bonchev–Trinajstić information content (AvgIpc) is 2.80. The second-order valence-corrected chi connectivity index (χ2v) is 5.74. The van der Waals surface area contributed by atoms with Crippen LogP contribution in [0.15, 0.2) is 24.3 Å². The molecule has 3 heteroatoms. The van der Waals surface area contributed by atoms with Crippen molar-refractivity contribution in [2.75, 3.05) is 13.7 Å². The van der Waals surface area contributed by atoms with Crippen LogP contribution in [0.4, 0.5) is 0 Å². The lowest BCUT2D eigenvalue weighted by Gasteiger charge is -2.35. The average molecular weight is 247 g/mol. The molecular formula is C15H21NO2. The third-order valence-corrected chi connectivity index (χ3v) is 4.03. The second kappa shape index (κ2) is 4.73. The van der Waals surface area contributed by atoms with Crippen molar-refractivity contribution in [3.63, 3.8) is 0 Å². The van der Waals surface area contributed by atoms with Gasteiger partial charge < -0.3 is 10.0 Å². The van der Waals surface area contributed by atoms with Crippen LogP contribution < -0.4 is 0 Å². The van der Waals surface area contributed by atoms with Gasteiger partial charge in [-0.15, -0.1) is 0 Å². The number of hydrogen-bond donors (Lipinski definition) is 1. The zero-order chi connectivity index (χ0) is 13.3. The van der Waals surface area contributed by atoms with E-state index in [4.69, 9.17) is 0 Å². The van der Waals surface area contributed by atoms with E-state index in [-0.39, 0.29) is 18.4 Å². The first-order valence-corrected chi connectivity index (χ1v) is 6.41. The second-order valence-electron chi connectivity index (χ2n) is 5.74. The summed E-state index contributed by atoms with van der Waals surface area (Å²) in [6, 6.07) is 8.24. The normalized spacial score (nSPS) is 15.6. The summed E-state index contributed by atoms with van der Waals surface area (Å²) in [6.45, 7) is 3.74. The van der Waals surface area contributed by atoms with Crippen LogP contribution in [0.3, 0.4) is 0 Å². The molecule has 0 saturated heterocycles. The standard InChI is InChI=1S/C15H21NO2/c1-15(2,10-17)16(3)14(18)13-8-11-6-4-5-7-12(11)9-13/h4-7,13,17H,8-10H2,1-3H3. The van der Waals surface area contributed by atoms with Gasteiger partial charge in [0.1, 0.15) is 0 Å². The highest BCUT2D eigenvalue weighted by molar-refractivity contribution is 5.81. The lowest BCUT2D eigenvalue weighted by atomic mass is 9.99. The molecular weight excluding hydrogens is 226 g/mol. The van der Waals surface area contributed by atoms with E-state index in [9.17, 15) is 9.90 Å². The topological polar surface area (TPSA) is 40.5 Å². The molecule has 2 rings (SSSR count). The molecule has 1 aromatic carbocycles. The van der Waals surface area contributed by atoms with E-state index in [1.165, 1.54) is 11.1 Å². The molecule has 18 heavy (non-hydrogen) atoms. The fourth-order valence-corrected chi connectivity index (χ4v) is 2.41. The summed E-state index contributed by atoms with van der Waals surface area (Å²) in [4.78, 5) is 14.1. The highest BCUT2D eigenvalue weighted by Gasteiger charge is 2.34. The zero-order valence-electron chi connectivity index (χ0n) is 11.3. The molecule has 0 aliphatic heterocycles. The molecule has 1 N–H and O–H groups in total. The minimum Gasteiger partial charge on any atom is -0.394 e. The quantitative estimate of drug-likeness (QED) is 0.882. The van der Waals surface area contributed by atoms with E-state index in [0.717, 1.165) is 12.8 Å². The molecule has 0 radical (unpaired) electrons. The SMILES string of the molecule is CN(C(=O)C1Cc2ccccc2C1)C(C)(C)CO. The van der Waals surface area contributed by atoms with Crippen LogP contribution in [0.25, 0.3) is 0 Å². The molecule has 0 heterocycles. The molecule has 0 bridgehead atoms. The van der Waals surface area contributed by atoms with Crippen LogP contribution in [0, 0.1) is 5.92 Å². The Labute approximate surface area is 108 Å². The summed E-state index contributed by atoms with van der Waals surface area (Å²) in [7, 11) is 1.78. The first-order chi connectivity index (χ1) is 8.45. The summed E-state index contributed by atoms with van der Waals surface area (Å²) in [5.74, 6) is 0.156.